The molecule has 1 rings (SSSR count). The largest absolute Gasteiger partial charge is 0.294 e. The number of hydrogen-bond donors (Lipinski definition) is 0. The molecular weight excluding hydrogens is 198 g/mol. The van der Waals surface area contributed by atoms with Gasteiger partial charge >= 0.3 is 0 Å². The molecule has 0 saturated carbocycles. The van der Waals surface area contributed by atoms with Gasteiger partial charge in [0, 0.05) is 23.4 Å². The first-order valence-corrected chi connectivity index (χ1v) is 6.15. The molecule has 88 valence electrons. The highest BCUT2D eigenvalue weighted by Crippen LogP contribution is 2.18. The minimum atomic E-state index is 0.171. The minimum Gasteiger partial charge on any atom is -0.294 e. The lowest BCUT2D eigenvalue weighted by atomic mass is 9.91. The zero-order valence-corrected chi connectivity index (χ0v) is 10.5. The maximum absolute atomic E-state index is 12.2. The van der Waals surface area contributed by atoms with Gasteiger partial charge < -0.3 is 0 Å². The van der Waals surface area contributed by atoms with Crippen molar-refractivity contribution in [1.82, 2.24) is 4.98 Å². The standard InChI is InChI=1S/C14H21NO/c1-4-6-7-12(5-2)14(16)13-9-8-11(3)15-10-13/h8-10,12H,4-7H2,1-3H3. The van der Waals surface area contributed by atoms with E-state index in [4.69, 9.17) is 0 Å². The molecule has 0 aliphatic heterocycles. The Morgan fingerprint density at radius 3 is 2.62 bits per heavy atom. The van der Waals surface area contributed by atoms with Gasteiger partial charge in [-0.25, -0.2) is 0 Å². The van der Waals surface area contributed by atoms with Crippen molar-refractivity contribution in [3.8, 4) is 0 Å². The third kappa shape index (κ3) is 3.44. The van der Waals surface area contributed by atoms with Crippen LogP contribution in [0.3, 0.4) is 0 Å². The number of aryl methyl sites for hydroxylation is 1. The van der Waals surface area contributed by atoms with Crippen LogP contribution in [0.1, 0.15) is 55.6 Å². The van der Waals surface area contributed by atoms with Gasteiger partial charge in [0.15, 0.2) is 5.78 Å². The Morgan fingerprint density at radius 2 is 2.12 bits per heavy atom. The quantitative estimate of drug-likeness (QED) is 0.681. The van der Waals surface area contributed by atoms with Gasteiger partial charge in [-0.1, -0.05) is 26.7 Å². The highest BCUT2D eigenvalue weighted by atomic mass is 16.1. The lowest BCUT2D eigenvalue weighted by Gasteiger charge is -2.12. The number of pyridine rings is 1. The number of unbranched alkanes of at least 4 members (excludes halogenated alkanes) is 1. The van der Waals surface area contributed by atoms with Crippen molar-refractivity contribution >= 4 is 5.78 Å². The van der Waals surface area contributed by atoms with E-state index in [0.29, 0.717) is 0 Å². The van der Waals surface area contributed by atoms with Gasteiger partial charge in [0.25, 0.3) is 0 Å². The Balaban J connectivity index is 2.70. The van der Waals surface area contributed by atoms with Crippen molar-refractivity contribution in [1.29, 1.82) is 0 Å². The Hall–Kier alpha value is -1.18. The van der Waals surface area contributed by atoms with Gasteiger partial charge in [-0.15, -0.1) is 0 Å². The second-order valence-corrected chi connectivity index (χ2v) is 4.30. The van der Waals surface area contributed by atoms with Crippen LogP contribution in [0, 0.1) is 12.8 Å². The molecule has 1 aromatic heterocycles. The molecule has 0 aliphatic carbocycles. The molecule has 1 atom stereocenters. The Kier molecular flexibility index (Phi) is 5.17. The molecule has 0 aromatic carbocycles. The third-order valence-electron chi connectivity index (χ3n) is 2.97. The van der Waals surface area contributed by atoms with Gasteiger partial charge in [0.1, 0.15) is 0 Å². The molecule has 0 radical (unpaired) electrons. The summed E-state index contributed by atoms with van der Waals surface area (Å²) in [6.07, 6.45) is 5.90. The predicted octanol–water partition coefficient (Wildman–Crippen LogP) is 3.79. The summed E-state index contributed by atoms with van der Waals surface area (Å²) in [5, 5.41) is 0. The molecule has 0 amide bonds. The summed E-state index contributed by atoms with van der Waals surface area (Å²) >= 11 is 0. The summed E-state index contributed by atoms with van der Waals surface area (Å²) in [4.78, 5) is 16.3. The highest BCUT2D eigenvalue weighted by molar-refractivity contribution is 5.97. The highest BCUT2D eigenvalue weighted by Gasteiger charge is 2.17. The van der Waals surface area contributed by atoms with Crippen LogP contribution in [0.4, 0.5) is 0 Å². The lowest BCUT2D eigenvalue weighted by Crippen LogP contribution is -2.14. The normalized spacial score (nSPS) is 12.4. The fourth-order valence-electron chi connectivity index (χ4n) is 1.82. The monoisotopic (exact) mass is 219 g/mol. The summed E-state index contributed by atoms with van der Waals surface area (Å²) in [5.74, 6) is 0.424. The molecule has 1 aromatic rings. The smallest absolute Gasteiger partial charge is 0.167 e. The van der Waals surface area contributed by atoms with E-state index in [9.17, 15) is 4.79 Å². The first kappa shape index (κ1) is 12.9. The molecule has 0 fully saturated rings. The average molecular weight is 219 g/mol. The van der Waals surface area contributed by atoms with Crippen LogP contribution in [0.5, 0.6) is 0 Å². The van der Waals surface area contributed by atoms with Crippen LogP contribution in [-0.2, 0) is 0 Å². The van der Waals surface area contributed by atoms with E-state index in [0.717, 1.165) is 36.9 Å². The SMILES string of the molecule is CCCCC(CC)C(=O)c1ccc(C)nc1. The molecule has 0 spiro atoms. The van der Waals surface area contributed by atoms with Crippen LogP contribution in [0.25, 0.3) is 0 Å². The second-order valence-electron chi connectivity index (χ2n) is 4.30. The van der Waals surface area contributed by atoms with Gasteiger partial charge in [-0.2, -0.15) is 0 Å². The van der Waals surface area contributed by atoms with E-state index in [1.807, 2.05) is 19.1 Å². The Morgan fingerprint density at radius 1 is 1.38 bits per heavy atom. The maximum atomic E-state index is 12.2. The topological polar surface area (TPSA) is 30.0 Å². The van der Waals surface area contributed by atoms with Crippen LogP contribution >= 0.6 is 0 Å². The number of carbonyl (C=O) groups excluding carboxylic acids is 1. The van der Waals surface area contributed by atoms with Crippen LogP contribution in [0.15, 0.2) is 18.3 Å². The third-order valence-corrected chi connectivity index (χ3v) is 2.97. The molecule has 0 N–H and O–H groups in total. The number of carbonyl (C=O) groups is 1. The van der Waals surface area contributed by atoms with E-state index in [1.54, 1.807) is 6.20 Å². The second kappa shape index (κ2) is 6.41. The first-order chi connectivity index (χ1) is 7.69. The Labute approximate surface area is 98.1 Å². The molecule has 0 aliphatic rings. The summed E-state index contributed by atoms with van der Waals surface area (Å²) in [5.41, 5.74) is 1.71. The molecule has 1 unspecified atom stereocenters. The fraction of sp³-hybridized carbons (Fsp3) is 0.571. The van der Waals surface area contributed by atoms with Crippen LogP contribution in [-0.4, -0.2) is 10.8 Å². The van der Waals surface area contributed by atoms with E-state index in [-0.39, 0.29) is 11.7 Å². The maximum Gasteiger partial charge on any atom is 0.167 e. The number of Topliss-reactive ketones (excluding diaryl/α,β-unsaturated/α-hetero) is 1. The van der Waals surface area contributed by atoms with E-state index in [2.05, 4.69) is 18.8 Å². The minimum absolute atomic E-state index is 0.171. The van der Waals surface area contributed by atoms with Crippen molar-refractivity contribution in [2.45, 2.75) is 46.5 Å². The number of ketones is 1. The molecule has 0 saturated heterocycles. The molecular formula is C14H21NO. The molecule has 16 heavy (non-hydrogen) atoms. The average Bonchev–Trinajstić information content (AvgIpc) is 2.30. The first-order valence-electron chi connectivity index (χ1n) is 6.15. The number of nitrogens with zero attached hydrogens (tertiary/aromatic N) is 1. The summed E-state index contributed by atoms with van der Waals surface area (Å²) in [6.45, 7) is 6.17. The van der Waals surface area contributed by atoms with E-state index in [1.165, 1.54) is 0 Å². The Bertz CT molecular complexity index is 329. The summed E-state index contributed by atoms with van der Waals surface area (Å²) in [7, 11) is 0. The van der Waals surface area contributed by atoms with Gasteiger partial charge in [-0.05, 0) is 31.9 Å². The molecule has 0 bridgehead atoms. The summed E-state index contributed by atoms with van der Waals surface area (Å²) < 4.78 is 0. The number of aromatic nitrogens is 1. The number of rotatable bonds is 6. The van der Waals surface area contributed by atoms with Crippen molar-refractivity contribution in [2.75, 3.05) is 0 Å². The van der Waals surface area contributed by atoms with Crippen molar-refractivity contribution < 1.29 is 4.79 Å². The zero-order chi connectivity index (χ0) is 12.0. The van der Waals surface area contributed by atoms with Crippen molar-refractivity contribution in [3.63, 3.8) is 0 Å². The fourth-order valence-corrected chi connectivity index (χ4v) is 1.82. The lowest BCUT2D eigenvalue weighted by molar-refractivity contribution is 0.0908. The van der Waals surface area contributed by atoms with E-state index >= 15 is 0 Å². The van der Waals surface area contributed by atoms with Gasteiger partial charge in [0.05, 0.1) is 0 Å². The number of hydrogen-bond acceptors (Lipinski definition) is 2. The zero-order valence-electron chi connectivity index (χ0n) is 10.5. The predicted molar refractivity (Wildman–Crippen MR) is 66.6 cm³/mol. The van der Waals surface area contributed by atoms with Crippen LogP contribution in [0.2, 0.25) is 0 Å². The van der Waals surface area contributed by atoms with Crippen molar-refractivity contribution in [2.24, 2.45) is 5.92 Å². The molecule has 2 nitrogen and oxygen atoms in total. The van der Waals surface area contributed by atoms with E-state index < -0.39 is 0 Å². The van der Waals surface area contributed by atoms with Gasteiger partial charge in [0.2, 0.25) is 0 Å². The molecule has 1 heterocycles. The van der Waals surface area contributed by atoms with Crippen LogP contribution < -0.4 is 0 Å². The van der Waals surface area contributed by atoms with Crippen molar-refractivity contribution in [3.05, 3.63) is 29.6 Å². The van der Waals surface area contributed by atoms with Gasteiger partial charge in [-0.3, -0.25) is 9.78 Å². The summed E-state index contributed by atoms with van der Waals surface area (Å²) in [6, 6.07) is 3.79. The molecule has 2 heteroatoms.